The highest BCUT2D eigenvalue weighted by Gasteiger charge is 2.26. The SMILES string of the molecule is CCCN(C(=O)c1ccc(C)cc1Cl)C1CCNCC1.Cl. The van der Waals surface area contributed by atoms with Crippen LogP contribution in [-0.4, -0.2) is 36.5 Å². The van der Waals surface area contributed by atoms with E-state index in [0.29, 0.717) is 16.6 Å². The van der Waals surface area contributed by atoms with Crippen molar-refractivity contribution in [3.63, 3.8) is 0 Å². The highest BCUT2D eigenvalue weighted by Crippen LogP contribution is 2.22. The van der Waals surface area contributed by atoms with Crippen LogP contribution < -0.4 is 5.32 Å². The first-order chi connectivity index (χ1) is 9.63. The van der Waals surface area contributed by atoms with Crippen molar-refractivity contribution in [2.24, 2.45) is 0 Å². The Morgan fingerprint density at radius 3 is 2.62 bits per heavy atom. The van der Waals surface area contributed by atoms with Crippen LogP contribution in [0.5, 0.6) is 0 Å². The van der Waals surface area contributed by atoms with Crippen molar-refractivity contribution in [2.45, 2.75) is 39.2 Å². The molecule has 1 amide bonds. The van der Waals surface area contributed by atoms with Gasteiger partial charge >= 0.3 is 0 Å². The normalized spacial score (nSPS) is 15.4. The van der Waals surface area contributed by atoms with Gasteiger partial charge in [0.05, 0.1) is 10.6 Å². The number of hydrogen-bond acceptors (Lipinski definition) is 2. The van der Waals surface area contributed by atoms with Gasteiger partial charge in [0.15, 0.2) is 0 Å². The lowest BCUT2D eigenvalue weighted by molar-refractivity contribution is 0.0643. The molecule has 1 fully saturated rings. The monoisotopic (exact) mass is 330 g/mol. The van der Waals surface area contributed by atoms with E-state index < -0.39 is 0 Å². The third kappa shape index (κ3) is 4.60. The summed E-state index contributed by atoms with van der Waals surface area (Å²) in [7, 11) is 0. The van der Waals surface area contributed by atoms with E-state index in [1.54, 1.807) is 0 Å². The number of carbonyl (C=O) groups is 1. The number of nitrogens with one attached hydrogen (secondary N) is 1. The second kappa shape index (κ2) is 8.62. The number of carbonyl (C=O) groups excluding carboxylic acids is 1. The van der Waals surface area contributed by atoms with Crippen LogP contribution in [0.15, 0.2) is 18.2 Å². The molecule has 0 aliphatic carbocycles. The molecule has 2 rings (SSSR count). The van der Waals surface area contributed by atoms with Crippen molar-refractivity contribution >= 4 is 29.9 Å². The fraction of sp³-hybridized carbons (Fsp3) is 0.562. The molecule has 3 nitrogen and oxygen atoms in total. The van der Waals surface area contributed by atoms with Gasteiger partial charge in [-0.3, -0.25) is 4.79 Å². The number of benzene rings is 1. The Balaban J connectivity index is 0.00000220. The zero-order chi connectivity index (χ0) is 14.5. The number of amides is 1. The lowest BCUT2D eigenvalue weighted by Gasteiger charge is -2.34. The second-order valence-corrected chi connectivity index (χ2v) is 5.87. The number of hydrogen-bond donors (Lipinski definition) is 1. The summed E-state index contributed by atoms with van der Waals surface area (Å²) in [5.74, 6) is 0.0729. The molecule has 1 N–H and O–H groups in total. The number of piperidine rings is 1. The van der Waals surface area contributed by atoms with Crippen LogP contribution in [-0.2, 0) is 0 Å². The minimum atomic E-state index is 0. The average molecular weight is 331 g/mol. The highest BCUT2D eigenvalue weighted by molar-refractivity contribution is 6.33. The standard InChI is InChI=1S/C16H23ClN2O.ClH/c1-3-10-19(13-6-8-18-9-7-13)16(20)14-5-4-12(2)11-15(14)17;/h4-5,11,13,18H,3,6-10H2,1-2H3;1H. The van der Waals surface area contributed by atoms with E-state index in [2.05, 4.69) is 12.2 Å². The molecule has 0 saturated carbocycles. The molecule has 0 bridgehead atoms. The largest absolute Gasteiger partial charge is 0.336 e. The summed E-state index contributed by atoms with van der Waals surface area (Å²) in [5.41, 5.74) is 1.71. The molecule has 0 aromatic heterocycles. The van der Waals surface area contributed by atoms with Gasteiger partial charge in [-0.05, 0) is 57.0 Å². The molecule has 1 aromatic rings. The Morgan fingerprint density at radius 2 is 2.05 bits per heavy atom. The van der Waals surface area contributed by atoms with Gasteiger partial charge < -0.3 is 10.2 Å². The Hall–Kier alpha value is -0.770. The summed E-state index contributed by atoms with van der Waals surface area (Å²) in [6.07, 6.45) is 3.02. The second-order valence-electron chi connectivity index (χ2n) is 5.46. The molecule has 1 aromatic carbocycles. The van der Waals surface area contributed by atoms with Gasteiger partial charge in [0.2, 0.25) is 0 Å². The summed E-state index contributed by atoms with van der Waals surface area (Å²) < 4.78 is 0. The predicted molar refractivity (Wildman–Crippen MR) is 90.7 cm³/mol. The molecule has 0 atom stereocenters. The van der Waals surface area contributed by atoms with E-state index >= 15 is 0 Å². The maximum absolute atomic E-state index is 12.8. The molecule has 0 spiro atoms. The Kier molecular flexibility index (Phi) is 7.50. The summed E-state index contributed by atoms with van der Waals surface area (Å²) >= 11 is 6.25. The van der Waals surface area contributed by atoms with Crippen LogP contribution in [0.3, 0.4) is 0 Å². The van der Waals surface area contributed by atoms with E-state index in [-0.39, 0.29) is 18.3 Å². The fourth-order valence-corrected chi connectivity index (χ4v) is 3.07. The third-order valence-electron chi connectivity index (χ3n) is 3.83. The summed E-state index contributed by atoms with van der Waals surface area (Å²) in [6, 6.07) is 6.00. The van der Waals surface area contributed by atoms with E-state index in [1.165, 1.54) is 0 Å². The zero-order valence-corrected chi connectivity index (χ0v) is 14.3. The van der Waals surface area contributed by atoms with Gasteiger partial charge in [0, 0.05) is 12.6 Å². The highest BCUT2D eigenvalue weighted by atomic mass is 35.5. The first-order valence-corrected chi connectivity index (χ1v) is 7.79. The molecule has 1 saturated heterocycles. The number of rotatable bonds is 4. The van der Waals surface area contributed by atoms with Crippen molar-refractivity contribution in [1.82, 2.24) is 10.2 Å². The van der Waals surface area contributed by atoms with Crippen molar-refractivity contribution in [3.05, 3.63) is 34.3 Å². The van der Waals surface area contributed by atoms with Crippen molar-refractivity contribution < 1.29 is 4.79 Å². The minimum Gasteiger partial charge on any atom is -0.336 e. The predicted octanol–water partition coefficient (Wildman–Crippen LogP) is 3.67. The molecule has 1 aliphatic rings. The van der Waals surface area contributed by atoms with E-state index in [9.17, 15) is 4.79 Å². The lowest BCUT2D eigenvalue weighted by atomic mass is 10.0. The van der Waals surface area contributed by atoms with Crippen LogP contribution in [0.25, 0.3) is 0 Å². The fourth-order valence-electron chi connectivity index (χ4n) is 2.76. The molecule has 1 aliphatic heterocycles. The summed E-state index contributed by atoms with van der Waals surface area (Å²) in [5, 5.41) is 3.91. The molecule has 5 heteroatoms. The van der Waals surface area contributed by atoms with Gasteiger partial charge in [0.25, 0.3) is 5.91 Å². The first kappa shape index (κ1) is 18.3. The van der Waals surface area contributed by atoms with Gasteiger partial charge in [-0.2, -0.15) is 0 Å². The summed E-state index contributed by atoms with van der Waals surface area (Å²) in [4.78, 5) is 14.8. The average Bonchev–Trinajstić information content (AvgIpc) is 2.45. The number of nitrogens with zero attached hydrogens (tertiary/aromatic N) is 1. The molecule has 1 heterocycles. The Bertz CT molecular complexity index is 473. The van der Waals surface area contributed by atoms with Crippen LogP contribution in [0, 0.1) is 6.92 Å². The topological polar surface area (TPSA) is 32.3 Å². The van der Waals surface area contributed by atoms with Crippen LogP contribution in [0.4, 0.5) is 0 Å². The number of halogens is 2. The van der Waals surface area contributed by atoms with E-state index in [4.69, 9.17) is 11.6 Å². The van der Waals surface area contributed by atoms with Gasteiger partial charge in [0.1, 0.15) is 0 Å². The van der Waals surface area contributed by atoms with Gasteiger partial charge in [-0.15, -0.1) is 12.4 Å². The molecule has 0 radical (unpaired) electrons. The third-order valence-corrected chi connectivity index (χ3v) is 4.14. The van der Waals surface area contributed by atoms with Gasteiger partial charge in [-0.25, -0.2) is 0 Å². The maximum atomic E-state index is 12.8. The Morgan fingerprint density at radius 1 is 1.38 bits per heavy atom. The first-order valence-electron chi connectivity index (χ1n) is 7.41. The van der Waals surface area contributed by atoms with Crippen molar-refractivity contribution in [1.29, 1.82) is 0 Å². The molecule has 118 valence electrons. The molecule has 21 heavy (non-hydrogen) atoms. The molecular weight excluding hydrogens is 307 g/mol. The Labute approximate surface area is 138 Å². The quantitative estimate of drug-likeness (QED) is 0.913. The van der Waals surface area contributed by atoms with E-state index in [0.717, 1.165) is 44.5 Å². The van der Waals surface area contributed by atoms with Gasteiger partial charge in [-0.1, -0.05) is 24.6 Å². The van der Waals surface area contributed by atoms with Crippen molar-refractivity contribution in [2.75, 3.05) is 19.6 Å². The summed E-state index contributed by atoms with van der Waals surface area (Å²) in [6.45, 7) is 6.86. The zero-order valence-electron chi connectivity index (χ0n) is 12.7. The van der Waals surface area contributed by atoms with E-state index in [1.807, 2.05) is 30.0 Å². The molecular formula is C16H24Cl2N2O. The van der Waals surface area contributed by atoms with Crippen LogP contribution >= 0.6 is 24.0 Å². The van der Waals surface area contributed by atoms with Crippen LogP contribution in [0.2, 0.25) is 5.02 Å². The lowest BCUT2D eigenvalue weighted by Crippen LogP contribution is -2.46. The molecule has 0 unspecified atom stereocenters. The van der Waals surface area contributed by atoms with Crippen molar-refractivity contribution in [3.8, 4) is 0 Å². The number of aryl methyl sites for hydroxylation is 1. The smallest absolute Gasteiger partial charge is 0.255 e. The maximum Gasteiger partial charge on any atom is 0.255 e. The van der Waals surface area contributed by atoms with Crippen LogP contribution in [0.1, 0.15) is 42.1 Å². The minimum absolute atomic E-state index is 0.